The molecule has 3 N–H and O–H groups in total. The van der Waals surface area contributed by atoms with Crippen LogP contribution in [0.4, 0.5) is 0 Å². The van der Waals surface area contributed by atoms with Crippen LogP contribution in [0.25, 0.3) is 10.6 Å². The molecule has 2 amide bonds. The predicted molar refractivity (Wildman–Crippen MR) is 97.6 cm³/mol. The van der Waals surface area contributed by atoms with E-state index in [1.165, 1.54) is 4.88 Å². The van der Waals surface area contributed by atoms with Crippen LogP contribution < -0.4 is 10.6 Å². The smallest absolute Gasteiger partial charge is 0.272 e. The highest BCUT2D eigenvalue weighted by Gasteiger charge is 2.23. The molecule has 0 unspecified atom stereocenters. The van der Waals surface area contributed by atoms with E-state index in [1.807, 2.05) is 12.1 Å². The van der Waals surface area contributed by atoms with Gasteiger partial charge in [0.2, 0.25) is 5.91 Å². The predicted octanol–water partition coefficient (Wildman–Crippen LogP) is 1.39. The van der Waals surface area contributed by atoms with Crippen LogP contribution in [0.1, 0.15) is 28.2 Å². The van der Waals surface area contributed by atoms with E-state index in [9.17, 15) is 9.59 Å². The van der Waals surface area contributed by atoms with Gasteiger partial charge in [-0.25, -0.2) is 0 Å². The van der Waals surface area contributed by atoms with Crippen molar-refractivity contribution < 1.29 is 9.59 Å². The highest BCUT2D eigenvalue weighted by Crippen LogP contribution is 2.26. The third-order valence-electron chi connectivity index (χ3n) is 4.39. The van der Waals surface area contributed by atoms with Crippen molar-refractivity contribution in [1.82, 2.24) is 25.7 Å². The first-order valence-corrected chi connectivity index (χ1v) is 9.23. The molecular formula is C17H23N5O2S. The topological polar surface area (TPSA) is 90.1 Å². The summed E-state index contributed by atoms with van der Waals surface area (Å²) in [7, 11) is 1.64. The SMILES string of the molecule is CNC(=O)CN1CCC(NC(=O)c2cc(-c3ccc(C)s3)[nH]n2)CC1. The number of amides is 2. The molecule has 1 saturated heterocycles. The number of aromatic amines is 1. The lowest BCUT2D eigenvalue weighted by Gasteiger charge is -2.31. The number of nitrogens with one attached hydrogen (secondary N) is 3. The Morgan fingerprint density at radius 3 is 2.76 bits per heavy atom. The van der Waals surface area contributed by atoms with Gasteiger partial charge in [0.05, 0.1) is 17.1 Å². The molecule has 134 valence electrons. The number of likely N-dealkylation sites (N-methyl/N-ethyl adjacent to an activating group) is 1. The van der Waals surface area contributed by atoms with E-state index >= 15 is 0 Å². The van der Waals surface area contributed by atoms with Crippen LogP contribution in [0, 0.1) is 6.92 Å². The summed E-state index contributed by atoms with van der Waals surface area (Å²) in [6.07, 6.45) is 1.67. The second kappa shape index (κ2) is 7.79. The molecule has 2 aromatic heterocycles. The number of aromatic nitrogens is 2. The minimum Gasteiger partial charge on any atom is -0.358 e. The maximum Gasteiger partial charge on any atom is 0.272 e. The molecule has 0 aromatic carbocycles. The number of thiophene rings is 1. The summed E-state index contributed by atoms with van der Waals surface area (Å²) >= 11 is 1.67. The Morgan fingerprint density at radius 2 is 2.12 bits per heavy atom. The van der Waals surface area contributed by atoms with Crippen LogP contribution >= 0.6 is 11.3 Å². The summed E-state index contributed by atoms with van der Waals surface area (Å²) in [5.41, 5.74) is 1.28. The van der Waals surface area contributed by atoms with Gasteiger partial charge in [-0.05, 0) is 38.0 Å². The zero-order chi connectivity index (χ0) is 17.8. The van der Waals surface area contributed by atoms with Crippen LogP contribution in [0.5, 0.6) is 0 Å². The van der Waals surface area contributed by atoms with Gasteiger partial charge in [-0.2, -0.15) is 5.10 Å². The number of rotatable bonds is 5. The number of hydrogen-bond donors (Lipinski definition) is 3. The van der Waals surface area contributed by atoms with E-state index in [0.29, 0.717) is 12.2 Å². The number of carbonyl (C=O) groups excluding carboxylic acids is 2. The Balaban J connectivity index is 1.52. The number of carbonyl (C=O) groups is 2. The van der Waals surface area contributed by atoms with Crippen molar-refractivity contribution in [3.63, 3.8) is 0 Å². The summed E-state index contributed by atoms with van der Waals surface area (Å²) in [6.45, 7) is 4.08. The Hall–Kier alpha value is -2.19. The van der Waals surface area contributed by atoms with Crippen molar-refractivity contribution in [2.45, 2.75) is 25.8 Å². The standard InChI is InChI=1S/C17H23N5O2S/c1-11-3-4-15(25-11)13-9-14(21-20-13)17(24)19-12-5-7-22(8-6-12)10-16(23)18-2/h3-4,9,12H,5-8,10H2,1-2H3,(H,18,23)(H,19,24)(H,20,21). The molecule has 7 nitrogen and oxygen atoms in total. The Bertz CT molecular complexity index is 746. The van der Waals surface area contributed by atoms with Gasteiger partial charge in [-0.15, -0.1) is 11.3 Å². The average Bonchev–Trinajstić information content (AvgIpc) is 3.25. The third kappa shape index (κ3) is 4.46. The van der Waals surface area contributed by atoms with Crippen molar-refractivity contribution >= 4 is 23.2 Å². The summed E-state index contributed by atoms with van der Waals surface area (Å²) in [6, 6.07) is 5.99. The minimum atomic E-state index is -0.152. The molecular weight excluding hydrogens is 338 g/mol. The van der Waals surface area contributed by atoms with Crippen molar-refractivity contribution in [1.29, 1.82) is 0 Å². The maximum absolute atomic E-state index is 12.4. The van der Waals surface area contributed by atoms with Crippen molar-refractivity contribution in [3.8, 4) is 10.6 Å². The average molecular weight is 361 g/mol. The first kappa shape index (κ1) is 17.6. The van der Waals surface area contributed by atoms with Crippen LogP contribution in [0.15, 0.2) is 18.2 Å². The van der Waals surface area contributed by atoms with Gasteiger partial charge in [-0.3, -0.25) is 19.6 Å². The van der Waals surface area contributed by atoms with Gasteiger partial charge in [0.25, 0.3) is 5.91 Å². The summed E-state index contributed by atoms with van der Waals surface area (Å²) < 4.78 is 0. The second-order valence-electron chi connectivity index (χ2n) is 6.27. The molecule has 1 aliphatic rings. The van der Waals surface area contributed by atoms with Crippen LogP contribution in [-0.2, 0) is 4.79 Å². The summed E-state index contributed by atoms with van der Waals surface area (Å²) in [5.74, 6) is -0.129. The molecule has 1 aliphatic heterocycles. The Kier molecular flexibility index (Phi) is 5.50. The second-order valence-corrected chi connectivity index (χ2v) is 7.56. The fraction of sp³-hybridized carbons (Fsp3) is 0.471. The molecule has 3 rings (SSSR count). The van der Waals surface area contributed by atoms with Crippen molar-refractivity contribution in [2.75, 3.05) is 26.7 Å². The monoisotopic (exact) mass is 361 g/mol. The first-order chi connectivity index (χ1) is 12.0. The number of H-pyrrole nitrogens is 1. The molecule has 2 aromatic rings. The summed E-state index contributed by atoms with van der Waals surface area (Å²) in [5, 5.41) is 12.8. The molecule has 25 heavy (non-hydrogen) atoms. The molecule has 3 heterocycles. The number of piperidine rings is 1. The highest BCUT2D eigenvalue weighted by molar-refractivity contribution is 7.15. The minimum absolute atomic E-state index is 0.0235. The molecule has 0 saturated carbocycles. The molecule has 1 fully saturated rings. The molecule has 0 atom stereocenters. The fourth-order valence-corrected chi connectivity index (χ4v) is 3.75. The van der Waals surface area contributed by atoms with Gasteiger partial charge >= 0.3 is 0 Å². The van der Waals surface area contributed by atoms with E-state index in [1.54, 1.807) is 24.5 Å². The highest BCUT2D eigenvalue weighted by atomic mass is 32.1. The van der Waals surface area contributed by atoms with Gasteiger partial charge in [0.1, 0.15) is 0 Å². The van der Waals surface area contributed by atoms with Gasteiger partial charge in [-0.1, -0.05) is 0 Å². The zero-order valence-electron chi connectivity index (χ0n) is 14.5. The molecule has 0 radical (unpaired) electrons. The van der Waals surface area contributed by atoms with Crippen LogP contribution in [-0.4, -0.2) is 59.6 Å². The lowest BCUT2D eigenvalue weighted by molar-refractivity contribution is -0.122. The molecule has 0 bridgehead atoms. The van der Waals surface area contributed by atoms with Crippen LogP contribution in [0.3, 0.4) is 0 Å². The molecule has 0 aliphatic carbocycles. The lowest BCUT2D eigenvalue weighted by atomic mass is 10.0. The van der Waals surface area contributed by atoms with E-state index in [4.69, 9.17) is 0 Å². The van der Waals surface area contributed by atoms with Crippen molar-refractivity contribution in [2.24, 2.45) is 0 Å². The van der Waals surface area contributed by atoms with Gasteiger partial charge < -0.3 is 10.6 Å². The molecule has 8 heteroatoms. The van der Waals surface area contributed by atoms with Crippen LogP contribution in [0.2, 0.25) is 0 Å². The van der Waals surface area contributed by atoms with Gasteiger partial charge in [0.15, 0.2) is 5.69 Å². The van der Waals surface area contributed by atoms with E-state index in [-0.39, 0.29) is 17.9 Å². The first-order valence-electron chi connectivity index (χ1n) is 8.41. The zero-order valence-corrected chi connectivity index (χ0v) is 15.3. The normalized spacial score (nSPS) is 15.9. The Labute approximate surface area is 150 Å². The Morgan fingerprint density at radius 1 is 1.36 bits per heavy atom. The largest absolute Gasteiger partial charge is 0.358 e. The maximum atomic E-state index is 12.4. The van der Waals surface area contributed by atoms with E-state index in [0.717, 1.165) is 36.5 Å². The lowest BCUT2D eigenvalue weighted by Crippen LogP contribution is -2.47. The third-order valence-corrected chi connectivity index (χ3v) is 5.42. The fourth-order valence-electron chi connectivity index (χ4n) is 2.92. The number of aryl methyl sites for hydroxylation is 1. The summed E-state index contributed by atoms with van der Waals surface area (Å²) in [4.78, 5) is 28.2. The van der Waals surface area contributed by atoms with Gasteiger partial charge in [0, 0.05) is 31.1 Å². The number of likely N-dealkylation sites (tertiary alicyclic amines) is 1. The quantitative estimate of drug-likeness (QED) is 0.751. The van der Waals surface area contributed by atoms with E-state index < -0.39 is 0 Å². The number of nitrogens with zero attached hydrogens (tertiary/aromatic N) is 2. The molecule has 0 spiro atoms. The van der Waals surface area contributed by atoms with Crippen molar-refractivity contribution in [3.05, 3.63) is 28.8 Å². The number of hydrogen-bond acceptors (Lipinski definition) is 5. The van der Waals surface area contributed by atoms with E-state index in [2.05, 4.69) is 32.7 Å².